The van der Waals surface area contributed by atoms with Gasteiger partial charge in [0.1, 0.15) is 0 Å². The Hall–Kier alpha value is -2.16. The van der Waals surface area contributed by atoms with Crippen molar-refractivity contribution in [1.82, 2.24) is 9.88 Å². The molecule has 0 radical (unpaired) electrons. The summed E-state index contributed by atoms with van der Waals surface area (Å²) in [7, 11) is 0. The number of carbonyl (C=O) groups excluding carboxylic acids is 1. The van der Waals surface area contributed by atoms with E-state index in [1.165, 1.54) is 19.3 Å². The van der Waals surface area contributed by atoms with E-state index in [0.717, 1.165) is 41.6 Å². The summed E-state index contributed by atoms with van der Waals surface area (Å²) in [6.07, 6.45) is 9.43. The zero-order valence-electron chi connectivity index (χ0n) is 14.7. The Kier molecular flexibility index (Phi) is 5.29. The van der Waals surface area contributed by atoms with E-state index in [2.05, 4.69) is 35.9 Å². The van der Waals surface area contributed by atoms with Crippen molar-refractivity contribution in [1.29, 1.82) is 0 Å². The van der Waals surface area contributed by atoms with Crippen LogP contribution in [0.25, 0.3) is 11.1 Å². The molecule has 0 N–H and O–H groups in total. The molecule has 1 aliphatic heterocycles. The van der Waals surface area contributed by atoms with Gasteiger partial charge in [-0.3, -0.25) is 9.78 Å². The van der Waals surface area contributed by atoms with Crippen molar-refractivity contribution in [3.8, 4) is 11.1 Å². The van der Waals surface area contributed by atoms with Gasteiger partial charge in [-0.05, 0) is 36.1 Å². The van der Waals surface area contributed by atoms with Crippen LogP contribution < -0.4 is 0 Å². The van der Waals surface area contributed by atoms with Crippen LogP contribution in [0.3, 0.4) is 0 Å². The standard InChI is InChI=1S/C21H26N2O/c1-3-5-6-9-19(4-2)23-15-18-11-10-16(13-20(18)21(23)24)17-8-7-12-22-14-17/h7-8,10-14,19H,3-6,9,15H2,1-2H3. The highest BCUT2D eigenvalue weighted by Gasteiger charge is 2.31. The molecular formula is C21H26N2O. The van der Waals surface area contributed by atoms with E-state index < -0.39 is 0 Å². The maximum absolute atomic E-state index is 12.9. The molecule has 3 heteroatoms. The lowest BCUT2D eigenvalue weighted by atomic mass is 10.0. The predicted octanol–water partition coefficient (Wildman–Crippen LogP) is 5.06. The number of hydrogen-bond acceptors (Lipinski definition) is 2. The van der Waals surface area contributed by atoms with Crippen LogP contribution in [0.5, 0.6) is 0 Å². The van der Waals surface area contributed by atoms with Gasteiger partial charge in [-0.15, -0.1) is 0 Å². The van der Waals surface area contributed by atoms with Crippen molar-refractivity contribution < 1.29 is 4.79 Å². The third-order valence-electron chi connectivity index (χ3n) is 4.99. The molecule has 1 aromatic carbocycles. The Morgan fingerprint density at radius 3 is 2.75 bits per heavy atom. The van der Waals surface area contributed by atoms with Gasteiger partial charge in [0.15, 0.2) is 0 Å². The molecular weight excluding hydrogens is 296 g/mol. The number of carbonyl (C=O) groups is 1. The molecule has 0 bridgehead atoms. The fraction of sp³-hybridized carbons (Fsp3) is 0.429. The molecule has 3 rings (SSSR count). The van der Waals surface area contributed by atoms with Gasteiger partial charge in [0.05, 0.1) is 0 Å². The summed E-state index contributed by atoms with van der Waals surface area (Å²) in [5.41, 5.74) is 4.14. The molecule has 3 nitrogen and oxygen atoms in total. The van der Waals surface area contributed by atoms with Gasteiger partial charge in [-0.25, -0.2) is 0 Å². The largest absolute Gasteiger partial charge is 0.331 e. The summed E-state index contributed by atoms with van der Waals surface area (Å²) in [5.74, 6) is 0.194. The molecule has 0 spiro atoms. The molecule has 1 atom stereocenters. The number of unbranched alkanes of at least 4 members (excludes halogenated alkanes) is 2. The van der Waals surface area contributed by atoms with Gasteiger partial charge < -0.3 is 4.90 Å². The maximum Gasteiger partial charge on any atom is 0.254 e. The number of hydrogen-bond donors (Lipinski definition) is 0. The average molecular weight is 322 g/mol. The number of pyridine rings is 1. The first-order chi connectivity index (χ1) is 11.7. The highest BCUT2D eigenvalue weighted by molar-refractivity contribution is 5.99. The topological polar surface area (TPSA) is 33.2 Å². The quantitative estimate of drug-likeness (QED) is 0.667. The van der Waals surface area contributed by atoms with Crippen molar-refractivity contribution in [2.24, 2.45) is 0 Å². The van der Waals surface area contributed by atoms with Crippen molar-refractivity contribution in [3.63, 3.8) is 0 Å². The third kappa shape index (κ3) is 3.35. The van der Waals surface area contributed by atoms with E-state index in [9.17, 15) is 4.79 Å². The monoisotopic (exact) mass is 322 g/mol. The van der Waals surface area contributed by atoms with E-state index in [-0.39, 0.29) is 5.91 Å². The first kappa shape index (κ1) is 16.7. The highest BCUT2D eigenvalue weighted by atomic mass is 16.2. The van der Waals surface area contributed by atoms with E-state index in [1.54, 1.807) is 6.20 Å². The number of fused-ring (bicyclic) bond motifs is 1. The van der Waals surface area contributed by atoms with Crippen molar-refractivity contribution in [2.75, 3.05) is 0 Å². The van der Waals surface area contributed by atoms with Crippen LogP contribution >= 0.6 is 0 Å². The van der Waals surface area contributed by atoms with Gasteiger partial charge in [0, 0.05) is 36.1 Å². The molecule has 2 aromatic rings. The van der Waals surface area contributed by atoms with Gasteiger partial charge in [0.25, 0.3) is 5.91 Å². The van der Waals surface area contributed by atoms with Crippen molar-refractivity contribution >= 4 is 5.91 Å². The summed E-state index contributed by atoms with van der Waals surface area (Å²) in [6, 6.07) is 10.6. The Morgan fingerprint density at radius 1 is 1.17 bits per heavy atom. The Bertz CT molecular complexity index is 696. The Labute approximate surface area is 144 Å². The van der Waals surface area contributed by atoms with Crippen LogP contribution in [0.2, 0.25) is 0 Å². The molecule has 2 heterocycles. The fourth-order valence-electron chi connectivity index (χ4n) is 3.54. The maximum atomic E-state index is 12.9. The van der Waals surface area contributed by atoms with Gasteiger partial charge in [0.2, 0.25) is 0 Å². The highest BCUT2D eigenvalue weighted by Crippen LogP contribution is 2.31. The first-order valence-corrected chi connectivity index (χ1v) is 9.08. The predicted molar refractivity (Wildman–Crippen MR) is 97.8 cm³/mol. The zero-order chi connectivity index (χ0) is 16.9. The van der Waals surface area contributed by atoms with Crippen molar-refractivity contribution in [3.05, 3.63) is 53.9 Å². The second-order valence-electron chi connectivity index (χ2n) is 6.60. The molecule has 126 valence electrons. The summed E-state index contributed by atoms with van der Waals surface area (Å²) in [5, 5.41) is 0. The normalized spacial score (nSPS) is 14.8. The van der Waals surface area contributed by atoms with Gasteiger partial charge in [-0.2, -0.15) is 0 Å². The lowest BCUT2D eigenvalue weighted by Crippen LogP contribution is -2.35. The van der Waals surface area contributed by atoms with Crippen LogP contribution in [0, 0.1) is 0 Å². The van der Waals surface area contributed by atoms with Crippen LogP contribution in [0.4, 0.5) is 0 Å². The molecule has 0 saturated carbocycles. The van der Waals surface area contributed by atoms with E-state index >= 15 is 0 Å². The number of benzene rings is 1. The van der Waals surface area contributed by atoms with E-state index in [4.69, 9.17) is 0 Å². The smallest absolute Gasteiger partial charge is 0.254 e. The molecule has 0 saturated heterocycles. The number of rotatable bonds is 7. The average Bonchev–Trinajstić information content (AvgIpc) is 2.96. The van der Waals surface area contributed by atoms with Crippen molar-refractivity contribution in [2.45, 2.75) is 58.5 Å². The lowest BCUT2D eigenvalue weighted by molar-refractivity contribution is 0.0685. The number of nitrogens with zero attached hydrogens (tertiary/aromatic N) is 2. The second-order valence-corrected chi connectivity index (χ2v) is 6.60. The minimum atomic E-state index is 0.194. The Morgan fingerprint density at radius 2 is 2.04 bits per heavy atom. The van der Waals surface area contributed by atoms with Gasteiger partial charge in [-0.1, -0.05) is 51.3 Å². The lowest BCUT2D eigenvalue weighted by Gasteiger charge is -2.26. The molecule has 1 amide bonds. The van der Waals surface area contributed by atoms with Crippen LogP contribution in [-0.2, 0) is 6.54 Å². The number of amides is 1. The zero-order valence-corrected chi connectivity index (χ0v) is 14.7. The second kappa shape index (κ2) is 7.61. The van der Waals surface area contributed by atoms with E-state index in [1.807, 2.05) is 24.4 Å². The number of aromatic nitrogens is 1. The SMILES string of the molecule is CCCCCC(CC)N1Cc2ccc(-c3cccnc3)cc2C1=O. The van der Waals surface area contributed by atoms with E-state index in [0.29, 0.717) is 6.04 Å². The third-order valence-corrected chi connectivity index (χ3v) is 4.99. The summed E-state index contributed by atoms with van der Waals surface area (Å²) in [4.78, 5) is 19.2. The summed E-state index contributed by atoms with van der Waals surface area (Å²) >= 11 is 0. The molecule has 1 aromatic heterocycles. The first-order valence-electron chi connectivity index (χ1n) is 9.08. The molecule has 1 unspecified atom stereocenters. The van der Waals surface area contributed by atoms with Crippen LogP contribution in [0.1, 0.15) is 61.9 Å². The molecule has 1 aliphatic rings. The van der Waals surface area contributed by atoms with Crippen LogP contribution in [0.15, 0.2) is 42.7 Å². The van der Waals surface area contributed by atoms with Crippen LogP contribution in [-0.4, -0.2) is 21.8 Å². The minimum Gasteiger partial charge on any atom is -0.331 e. The summed E-state index contributed by atoms with van der Waals surface area (Å²) in [6.45, 7) is 5.16. The molecule has 24 heavy (non-hydrogen) atoms. The fourth-order valence-corrected chi connectivity index (χ4v) is 3.54. The van der Waals surface area contributed by atoms with Gasteiger partial charge >= 0.3 is 0 Å². The Balaban J connectivity index is 1.80. The summed E-state index contributed by atoms with van der Waals surface area (Å²) < 4.78 is 0. The molecule has 0 fully saturated rings. The minimum absolute atomic E-state index is 0.194. The molecule has 0 aliphatic carbocycles.